The van der Waals surface area contributed by atoms with E-state index in [9.17, 15) is 13.2 Å². The molecule has 2 fully saturated rings. The summed E-state index contributed by atoms with van der Waals surface area (Å²) in [5.74, 6) is -0.305. The Morgan fingerprint density at radius 2 is 2.25 bits per heavy atom. The molecule has 1 aromatic rings. The Bertz CT molecular complexity index is 654. The van der Waals surface area contributed by atoms with Gasteiger partial charge in [0.15, 0.2) is 0 Å². The van der Waals surface area contributed by atoms with E-state index in [1.54, 1.807) is 7.05 Å². The van der Waals surface area contributed by atoms with Gasteiger partial charge >= 0.3 is 0 Å². The average Bonchev–Trinajstić information content (AvgIpc) is 3.01. The Morgan fingerprint density at radius 3 is 2.75 bits per heavy atom. The van der Waals surface area contributed by atoms with Gasteiger partial charge in [-0.05, 0) is 25.3 Å². The van der Waals surface area contributed by atoms with Crippen molar-refractivity contribution in [1.29, 1.82) is 0 Å². The second-order valence-corrected chi connectivity index (χ2v) is 7.87. The number of hydrogen-bond acceptors (Lipinski definition) is 4. The van der Waals surface area contributed by atoms with Gasteiger partial charge in [0.1, 0.15) is 10.6 Å². The number of hydrogen-bond donors (Lipinski definition) is 1. The van der Waals surface area contributed by atoms with Gasteiger partial charge < -0.3 is 14.6 Å². The van der Waals surface area contributed by atoms with Crippen molar-refractivity contribution in [3.05, 3.63) is 18.0 Å². The van der Waals surface area contributed by atoms with E-state index in [1.807, 2.05) is 0 Å². The number of aryl methyl sites for hydroxylation is 1. The molecule has 0 radical (unpaired) electrons. The number of nitrogens with one attached hydrogen (secondary N) is 1. The molecule has 2 aliphatic heterocycles. The van der Waals surface area contributed by atoms with Crippen molar-refractivity contribution in [2.75, 3.05) is 0 Å². The number of fused-ring (bicyclic) bond motifs is 2. The summed E-state index contributed by atoms with van der Waals surface area (Å²) in [6.07, 6.45) is 4.49. The second kappa shape index (κ2) is 4.75. The van der Waals surface area contributed by atoms with Gasteiger partial charge in [0, 0.05) is 23.9 Å². The summed E-state index contributed by atoms with van der Waals surface area (Å²) in [5.41, 5.74) is 0.270. The van der Waals surface area contributed by atoms with E-state index in [2.05, 4.69) is 5.32 Å². The SMILES string of the molecule is Cn1cc(S(=O)(=O)Cl)cc1C(=O)NC1CC2CCC1O2. The van der Waals surface area contributed by atoms with Crippen LogP contribution < -0.4 is 5.32 Å². The molecule has 3 rings (SSSR count). The summed E-state index contributed by atoms with van der Waals surface area (Å²) in [5, 5.41) is 2.91. The molecule has 8 heteroatoms. The lowest BCUT2D eigenvalue weighted by Crippen LogP contribution is -2.41. The Hall–Kier alpha value is -1.05. The molecule has 1 aromatic heterocycles. The summed E-state index contributed by atoms with van der Waals surface area (Å²) in [6.45, 7) is 0. The summed E-state index contributed by atoms with van der Waals surface area (Å²) in [6, 6.07) is 1.29. The minimum absolute atomic E-state index is 0.00667. The quantitative estimate of drug-likeness (QED) is 0.844. The van der Waals surface area contributed by atoms with Crippen LogP contribution in [0.1, 0.15) is 29.8 Å². The molecular formula is C12H15ClN2O4S. The molecule has 0 aromatic carbocycles. The topological polar surface area (TPSA) is 77.4 Å². The van der Waals surface area contributed by atoms with Gasteiger partial charge in [-0.1, -0.05) is 0 Å². The van der Waals surface area contributed by atoms with Crippen LogP contribution in [0.15, 0.2) is 17.2 Å². The van der Waals surface area contributed by atoms with E-state index in [1.165, 1.54) is 16.8 Å². The Kier molecular flexibility index (Phi) is 3.30. The smallest absolute Gasteiger partial charge is 0.268 e. The maximum Gasteiger partial charge on any atom is 0.268 e. The number of nitrogens with zero attached hydrogens (tertiary/aromatic N) is 1. The highest BCUT2D eigenvalue weighted by atomic mass is 35.7. The van der Waals surface area contributed by atoms with Crippen molar-refractivity contribution in [3.8, 4) is 0 Å². The third-order valence-corrected chi connectivity index (χ3v) is 5.24. The summed E-state index contributed by atoms with van der Waals surface area (Å²) in [4.78, 5) is 12.1. The lowest BCUT2D eigenvalue weighted by Gasteiger charge is -2.20. The minimum atomic E-state index is -3.83. The normalized spacial score (nSPS) is 28.8. The highest BCUT2D eigenvalue weighted by molar-refractivity contribution is 8.13. The third-order valence-electron chi connectivity index (χ3n) is 3.92. The molecule has 6 nitrogen and oxygen atoms in total. The number of carbonyl (C=O) groups is 1. The zero-order valence-electron chi connectivity index (χ0n) is 10.9. The van der Waals surface area contributed by atoms with E-state index in [-0.39, 0.29) is 34.7 Å². The standard InChI is InChI=1S/C12H15ClN2O4S/c1-15-6-8(20(13,17)18)5-10(15)12(16)14-9-4-7-2-3-11(9)19-7/h5-7,9,11H,2-4H2,1H3,(H,14,16). The highest BCUT2D eigenvalue weighted by Crippen LogP contribution is 2.34. The van der Waals surface area contributed by atoms with Gasteiger partial charge in [0.05, 0.1) is 18.2 Å². The van der Waals surface area contributed by atoms with Gasteiger partial charge in [0.25, 0.3) is 15.0 Å². The highest BCUT2D eigenvalue weighted by Gasteiger charge is 2.41. The van der Waals surface area contributed by atoms with Crippen molar-refractivity contribution in [3.63, 3.8) is 0 Å². The summed E-state index contributed by atoms with van der Waals surface area (Å²) in [7, 11) is 3.06. The lowest BCUT2D eigenvalue weighted by atomic mass is 9.95. The van der Waals surface area contributed by atoms with E-state index in [4.69, 9.17) is 15.4 Å². The Morgan fingerprint density at radius 1 is 1.50 bits per heavy atom. The van der Waals surface area contributed by atoms with Crippen molar-refractivity contribution in [2.24, 2.45) is 7.05 Å². The van der Waals surface area contributed by atoms with Crippen molar-refractivity contribution in [2.45, 2.75) is 42.4 Å². The van der Waals surface area contributed by atoms with Crippen LogP contribution in [-0.2, 0) is 20.8 Å². The fourth-order valence-corrected chi connectivity index (χ4v) is 3.71. The van der Waals surface area contributed by atoms with Crippen LogP contribution in [0.3, 0.4) is 0 Å². The molecule has 110 valence electrons. The number of aromatic nitrogens is 1. The van der Waals surface area contributed by atoms with Crippen LogP contribution in [0, 0.1) is 0 Å². The molecule has 3 unspecified atom stereocenters. The van der Waals surface area contributed by atoms with Crippen LogP contribution in [0.25, 0.3) is 0 Å². The number of carbonyl (C=O) groups excluding carboxylic acids is 1. The van der Waals surface area contributed by atoms with Crippen LogP contribution >= 0.6 is 10.7 Å². The second-order valence-electron chi connectivity index (χ2n) is 5.30. The molecule has 2 saturated heterocycles. The zero-order chi connectivity index (χ0) is 14.5. The first-order valence-electron chi connectivity index (χ1n) is 6.42. The maximum atomic E-state index is 12.2. The molecule has 0 spiro atoms. The average molecular weight is 319 g/mol. The first kappa shape index (κ1) is 13.9. The predicted octanol–water partition coefficient (Wildman–Crippen LogP) is 1.00. The molecular weight excluding hydrogens is 304 g/mol. The molecule has 0 aliphatic carbocycles. The lowest BCUT2D eigenvalue weighted by molar-refractivity contribution is 0.0835. The molecule has 2 bridgehead atoms. The van der Waals surface area contributed by atoms with Gasteiger partial charge in [-0.3, -0.25) is 4.79 Å². The molecule has 1 N–H and O–H groups in total. The minimum Gasteiger partial charge on any atom is -0.373 e. The number of ether oxygens (including phenoxy) is 1. The number of rotatable bonds is 3. The van der Waals surface area contributed by atoms with Crippen LogP contribution in [0.4, 0.5) is 0 Å². The number of halogens is 1. The Labute approximate surface area is 121 Å². The summed E-state index contributed by atoms with van der Waals surface area (Å²) < 4.78 is 29.7. The van der Waals surface area contributed by atoms with Gasteiger partial charge in [0.2, 0.25) is 0 Å². The largest absolute Gasteiger partial charge is 0.373 e. The first-order valence-corrected chi connectivity index (χ1v) is 8.73. The van der Waals surface area contributed by atoms with E-state index < -0.39 is 9.05 Å². The van der Waals surface area contributed by atoms with Crippen molar-refractivity contribution in [1.82, 2.24) is 9.88 Å². The maximum absolute atomic E-state index is 12.2. The number of amides is 1. The van der Waals surface area contributed by atoms with Crippen LogP contribution in [0.2, 0.25) is 0 Å². The predicted molar refractivity (Wildman–Crippen MR) is 72.2 cm³/mol. The van der Waals surface area contributed by atoms with E-state index >= 15 is 0 Å². The monoisotopic (exact) mass is 318 g/mol. The van der Waals surface area contributed by atoms with Gasteiger partial charge in [-0.15, -0.1) is 0 Å². The summed E-state index contributed by atoms with van der Waals surface area (Å²) >= 11 is 0. The van der Waals surface area contributed by atoms with E-state index in [0.717, 1.165) is 19.3 Å². The fourth-order valence-electron chi connectivity index (χ4n) is 2.93. The third kappa shape index (κ3) is 2.45. The molecule has 3 atom stereocenters. The van der Waals surface area contributed by atoms with Crippen LogP contribution in [0.5, 0.6) is 0 Å². The molecule has 3 heterocycles. The molecule has 2 aliphatic rings. The van der Waals surface area contributed by atoms with Gasteiger partial charge in [-0.25, -0.2) is 8.42 Å². The van der Waals surface area contributed by atoms with Gasteiger partial charge in [-0.2, -0.15) is 0 Å². The molecule has 1 amide bonds. The molecule has 0 saturated carbocycles. The van der Waals surface area contributed by atoms with Crippen molar-refractivity contribution < 1.29 is 17.9 Å². The van der Waals surface area contributed by atoms with Crippen LogP contribution in [-0.4, -0.2) is 37.1 Å². The molecule has 20 heavy (non-hydrogen) atoms. The van der Waals surface area contributed by atoms with Crippen molar-refractivity contribution >= 4 is 25.6 Å². The first-order chi connectivity index (χ1) is 9.34. The van der Waals surface area contributed by atoms with E-state index in [0.29, 0.717) is 0 Å². The Balaban J connectivity index is 1.76. The zero-order valence-corrected chi connectivity index (χ0v) is 12.4. The fraction of sp³-hybridized carbons (Fsp3) is 0.583.